The van der Waals surface area contributed by atoms with Gasteiger partial charge in [-0.15, -0.1) is 13.2 Å². The van der Waals surface area contributed by atoms with Crippen LogP contribution in [0.25, 0.3) is 0 Å². The first-order valence-corrected chi connectivity index (χ1v) is 11.1. The lowest BCUT2D eigenvalue weighted by molar-refractivity contribution is 0.264. The summed E-state index contributed by atoms with van der Waals surface area (Å²) in [6, 6.07) is 0. The normalized spacial score (nSPS) is 28.0. The molecule has 0 radical (unpaired) electrons. The van der Waals surface area contributed by atoms with Gasteiger partial charge in [0.2, 0.25) is 5.88 Å². The van der Waals surface area contributed by atoms with Gasteiger partial charge in [0.1, 0.15) is 5.82 Å². The monoisotopic (exact) mass is 384 g/mol. The number of allylic oxidation sites excluding steroid dienone is 2. The third kappa shape index (κ3) is 5.36. The molecule has 0 amide bonds. The van der Waals surface area contributed by atoms with Gasteiger partial charge in [-0.05, 0) is 82.0 Å². The maximum absolute atomic E-state index is 12.6. The second-order valence-electron chi connectivity index (χ2n) is 8.95. The van der Waals surface area contributed by atoms with Crippen molar-refractivity contribution >= 4 is 0 Å². The van der Waals surface area contributed by atoms with E-state index in [4.69, 9.17) is 0 Å². The minimum absolute atomic E-state index is 0.0488. The molecule has 28 heavy (non-hydrogen) atoms. The minimum atomic E-state index is -0.143. The first-order valence-electron chi connectivity index (χ1n) is 11.1. The van der Waals surface area contributed by atoms with E-state index in [2.05, 4.69) is 23.1 Å². The molecule has 0 atom stereocenters. The van der Waals surface area contributed by atoms with Crippen molar-refractivity contribution in [2.75, 3.05) is 0 Å². The number of aromatic amines is 1. The molecule has 0 aromatic carbocycles. The highest BCUT2D eigenvalue weighted by molar-refractivity contribution is 5.23. The Bertz CT molecular complexity index is 708. The maximum atomic E-state index is 12.6. The Morgan fingerprint density at radius 3 is 2.00 bits per heavy atom. The number of nitrogens with zero attached hydrogens (tertiary/aromatic N) is 1. The number of aromatic hydroxyl groups is 1. The van der Waals surface area contributed by atoms with Crippen LogP contribution in [0.4, 0.5) is 0 Å². The van der Waals surface area contributed by atoms with Crippen molar-refractivity contribution in [2.45, 2.75) is 83.0 Å². The lowest BCUT2D eigenvalue weighted by Crippen LogP contribution is -2.22. The Hall–Kier alpha value is -1.84. The molecule has 3 rings (SSSR count). The highest BCUT2D eigenvalue weighted by Crippen LogP contribution is 2.36. The molecule has 154 valence electrons. The summed E-state index contributed by atoms with van der Waals surface area (Å²) >= 11 is 0. The molecule has 2 N–H and O–H groups in total. The van der Waals surface area contributed by atoms with Crippen molar-refractivity contribution in [1.82, 2.24) is 9.97 Å². The van der Waals surface area contributed by atoms with Gasteiger partial charge in [-0.2, -0.15) is 4.98 Å². The largest absolute Gasteiger partial charge is 0.493 e. The molecule has 2 fully saturated rings. The van der Waals surface area contributed by atoms with Gasteiger partial charge in [-0.1, -0.05) is 25.0 Å². The average Bonchev–Trinajstić information content (AvgIpc) is 2.69. The summed E-state index contributed by atoms with van der Waals surface area (Å²) in [5.41, 5.74) is 0.327. The van der Waals surface area contributed by atoms with Gasteiger partial charge < -0.3 is 10.1 Å². The van der Waals surface area contributed by atoms with Gasteiger partial charge in [0.05, 0.1) is 5.56 Å². The Balaban J connectivity index is 1.55. The highest BCUT2D eigenvalue weighted by atomic mass is 16.3. The van der Waals surface area contributed by atoms with Crippen LogP contribution in [0.3, 0.4) is 0 Å². The highest BCUT2D eigenvalue weighted by Gasteiger charge is 2.25. The lowest BCUT2D eigenvalue weighted by atomic mass is 9.78. The van der Waals surface area contributed by atoms with Gasteiger partial charge in [0.25, 0.3) is 5.56 Å². The Morgan fingerprint density at radius 2 is 1.46 bits per heavy atom. The van der Waals surface area contributed by atoms with Gasteiger partial charge in [-0.25, -0.2) is 0 Å². The number of rotatable bonds is 8. The average molecular weight is 385 g/mol. The van der Waals surface area contributed by atoms with Crippen molar-refractivity contribution < 1.29 is 5.11 Å². The van der Waals surface area contributed by atoms with Crippen LogP contribution in [0.1, 0.15) is 87.9 Å². The molecule has 0 spiro atoms. The topological polar surface area (TPSA) is 66.0 Å². The van der Waals surface area contributed by atoms with Crippen LogP contribution in [0.5, 0.6) is 5.88 Å². The second kappa shape index (κ2) is 10.1. The van der Waals surface area contributed by atoms with Gasteiger partial charge in [-0.3, -0.25) is 4.79 Å². The molecule has 2 saturated carbocycles. The van der Waals surface area contributed by atoms with E-state index in [9.17, 15) is 9.90 Å². The number of hydrogen-bond acceptors (Lipinski definition) is 3. The number of nitrogens with one attached hydrogen (secondary N) is 1. The summed E-state index contributed by atoms with van der Waals surface area (Å²) < 4.78 is 0. The van der Waals surface area contributed by atoms with Crippen LogP contribution in [0.15, 0.2) is 30.1 Å². The summed E-state index contributed by atoms with van der Waals surface area (Å²) in [6.07, 6.45) is 17.1. The minimum Gasteiger partial charge on any atom is -0.493 e. The molecular weight excluding hydrogens is 348 g/mol. The molecule has 0 bridgehead atoms. The van der Waals surface area contributed by atoms with E-state index in [0.717, 1.165) is 50.9 Å². The molecule has 1 aromatic heterocycles. The maximum Gasteiger partial charge on any atom is 0.257 e. The van der Waals surface area contributed by atoms with Crippen molar-refractivity contribution in [3.63, 3.8) is 0 Å². The van der Waals surface area contributed by atoms with Crippen LogP contribution in [-0.2, 0) is 6.42 Å². The van der Waals surface area contributed by atoms with Crippen LogP contribution in [-0.4, -0.2) is 15.1 Å². The van der Waals surface area contributed by atoms with Crippen LogP contribution < -0.4 is 5.56 Å². The zero-order chi connectivity index (χ0) is 19.9. The third-order valence-electron chi connectivity index (χ3n) is 7.01. The second-order valence-corrected chi connectivity index (χ2v) is 8.95. The Morgan fingerprint density at radius 1 is 0.929 bits per heavy atom. The standard InChI is InChI=1S/C24H36N2O2/c1-3-5-17-7-9-19(10-8-17)13-16-21-23(27)25-22(26-24(21)28)20-14-11-18(6-4-2)12-15-20/h3-4,17-20H,1-2,5-16H2,(H2,25,26,27,28). The fraction of sp³-hybridized carbons (Fsp3) is 0.667. The molecule has 4 nitrogen and oxygen atoms in total. The van der Waals surface area contributed by atoms with Crippen molar-refractivity contribution in [2.24, 2.45) is 17.8 Å². The van der Waals surface area contributed by atoms with E-state index in [-0.39, 0.29) is 17.4 Å². The molecule has 0 unspecified atom stereocenters. The summed E-state index contributed by atoms with van der Waals surface area (Å²) in [6.45, 7) is 7.68. The summed E-state index contributed by atoms with van der Waals surface area (Å²) in [5.74, 6) is 3.03. The first-order chi connectivity index (χ1) is 13.6. The fourth-order valence-electron chi connectivity index (χ4n) is 5.17. The molecule has 4 heteroatoms. The zero-order valence-corrected chi connectivity index (χ0v) is 17.2. The SMILES string of the molecule is C=CCC1CCC(CCc2c(O)nc(C3CCC(CC=C)CC3)[nH]c2=O)CC1. The van der Waals surface area contributed by atoms with Crippen molar-refractivity contribution in [3.05, 3.63) is 47.1 Å². The Kier molecular flexibility index (Phi) is 7.52. The molecule has 2 aliphatic carbocycles. The predicted octanol–water partition coefficient (Wildman–Crippen LogP) is 5.64. The third-order valence-corrected chi connectivity index (χ3v) is 7.01. The molecule has 1 aromatic rings. The van der Waals surface area contributed by atoms with Crippen LogP contribution in [0, 0.1) is 17.8 Å². The lowest BCUT2D eigenvalue weighted by Gasteiger charge is -2.28. The number of aromatic nitrogens is 2. The molecule has 1 heterocycles. The smallest absolute Gasteiger partial charge is 0.257 e. The van der Waals surface area contributed by atoms with E-state index in [1.54, 1.807) is 0 Å². The van der Waals surface area contributed by atoms with E-state index in [0.29, 0.717) is 29.6 Å². The quantitative estimate of drug-likeness (QED) is 0.570. The van der Waals surface area contributed by atoms with Crippen molar-refractivity contribution in [3.8, 4) is 5.88 Å². The van der Waals surface area contributed by atoms with E-state index >= 15 is 0 Å². The van der Waals surface area contributed by atoms with E-state index < -0.39 is 0 Å². The van der Waals surface area contributed by atoms with E-state index in [1.807, 2.05) is 12.2 Å². The van der Waals surface area contributed by atoms with Crippen LogP contribution in [0.2, 0.25) is 0 Å². The zero-order valence-electron chi connectivity index (χ0n) is 17.2. The van der Waals surface area contributed by atoms with Crippen molar-refractivity contribution in [1.29, 1.82) is 0 Å². The Labute approximate surface area is 169 Å². The van der Waals surface area contributed by atoms with E-state index in [1.165, 1.54) is 25.7 Å². The fourth-order valence-corrected chi connectivity index (χ4v) is 5.17. The summed E-state index contributed by atoms with van der Waals surface area (Å²) in [7, 11) is 0. The number of hydrogen-bond donors (Lipinski definition) is 2. The van der Waals surface area contributed by atoms with Gasteiger partial charge >= 0.3 is 0 Å². The molecule has 0 aliphatic heterocycles. The predicted molar refractivity (Wildman–Crippen MR) is 115 cm³/mol. The first kappa shape index (κ1) is 20.9. The number of H-pyrrole nitrogens is 1. The van der Waals surface area contributed by atoms with Gasteiger partial charge in [0.15, 0.2) is 0 Å². The molecule has 0 saturated heterocycles. The molecule has 2 aliphatic rings. The summed E-state index contributed by atoms with van der Waals surface area (Å²) in [4.78, 5) is 20.0. The molecular formula is C24H36N2O2. The summed E-state index contributed by atoms with van der Waals surface area (Å²) in [5, 5.41) is 10.4. The van der Waals surface area contributed by atoms with Gasteiger partial charge in [0, 0.05) is 5.92 Å². The van der Waals surface area contributed by atoms with Crippen LogP contribution >= 0.6 is 0 Å².